The summed E-state index contributed by atoms with van der Waals surface area (Å²) in [7, 11) is 1.71. The zero-order chi connectivity index (χ0) is 11.4. The van der Waals surface area contributed by atoms with Gasteiger partial charge < -0.3 is 10.6 Å². The highest BCUT2D eigenvalue weighted by Gasteiger charge is 2.11. The molecular weight excluding hydrogens is 195 g/mol. The minimum atomic E-state index is -0.496. The first-order chi connectivity index (χ1) is 7.06. The first kappa shape index (κ1) is 11.5. The molecule has 0 spiro atoms. The Morgan fingerprint density at radius 3 is 2.73 bits per heavy atom. The summed E-state index contributed by atoms with van der Waals surface area (Å²) >= 11 is 0. The highest BCUT2D eigenvalue weighted by Crippen LogP contribution is 2.13. The van der Waals surface area contributed by atoms with Gasteiger partial charge in [0.25, 0.3) is 5.91 Å². The molecule has 0 aliphatic carbocycles. The molecule has 2 N–H and O–H groups in total. The molecule has 0 saturated carbocycles. The van der Waals surface area contributed by atoms with Crippen LogP contribution in [0.4, 0.5) is 10.1 Å². The van der Waals surface area contributed by atoms with Gasteiger partial charge in [0.15, 0.2) is 0 Å². The number of hydrogen-bond acceptors (Lipinski definition) is 2. The molecular formula is C11H15FN2O. The van der Waals surface area contributed by atoms with Crippen molar-refractivity contribution in [1.29, 1.82) is 0 Å². The van der Waals surface area contributed by atoms with E-state index >= 15 is 0 Å². The zero-order valence-electron chi connectivity index (χ0n) is 8.96. The van der Waals surface area contributed by atoms with E-state index in [1.165, 1.54) is 18.2 Å². The Labute approximate surface area is 88.7 Å². The summed E-state index contributed by atoms with van der Waals surface area (Å²) in [5.74, 6) is -0.631. The van der Waals surface area contributed by atoms with E-state index in [1.54, 1.807) is 11.9 Å². The van der Waals surface area contributed by atoms with Crippen LogP contribution in [0.1, 0.15) is 23.7 Å². The average molecular weight is 210 g/mol. The van der Waals surface area contributed by atoms with Crippen molar-refractivity contribution >= 4 is 11.6 Å². The first-order valence-electron chi connectivity index (χ1n) is 4.86. The second-order valence-corrected chi connectivity index (χ2v) is 3.46. The van der Waals surface area contributed by atoms with Crippen LogP contribution in [0.5, 0.6) is 0 Å². The second-order valence-electron chi connectivity index (χ2n) is 3.46. The summed E-state index contributed by atoms with van der Waals surface area (Å²) in [6.45, 7) is 2.67. The highest BCUT2D eigenvalue weighted by atomic mass is 19.1. The lowest BCUT2D eigenvalue weighted by atomic mass is 10.1. The van der Waals surface area contributed by atoms with E-state index in [-0.39, 0.29) is 11.6 Å². The number of nitrogen functional groups attached to an aromatic ring is 1. The largest absolute Gasteiger partial charge is 0.396 e. The average Bonchev–Trinajstić information content (AvgIpc) is 2.21. The van der Waals surface area contributed by atoms with Crippen molar-refractivity contribution < 1.29 is 9.18 Å². The van der Waals surface area contributed by atoms with Crippen LogP contribution in [0.25, 0.3) is 0 Å². The Morgan fingerprint density at radius 1 is 1.53 bits per heavy atom. The molecule has 0 atom stereocenters. The minimum absolute atomic E-state index is 0.00532. The summed E-state index contributed by atoms with van der Waals surface area (Å²) in [5, 5.41) is 0. The molecule has 3 nitrogen and oxygen atoms in total. The monoisotopic (exact) mass is 210 g/mol. The maximum atomic E-state index is 12.9. The lowest BCUT2D eigenvalue weighted by Gasteiger charge is -2.16. The van der Waals surface area contributed by atoms with Crippen molar-refractivity contribution in [2.45, 2.75) is 13.3 Å². The van der Waals surface area contributed by atoms with E-state index in [0.717, 1.165) is 6.42 Å². The van der Waals surface area contributed by atoms with E-state index < -0.39 is 5.82 Å². The van der Waals surface area contributed by atoms with E-state index in [0.29, 0.717) is 12.1 Å². The smallest absolute Gasteiger partial charge is 0.253 e. The molecule has 1 rings (SSSR count). The molecule has 15 heavy (non-hydrogen) atoms. The predicted molar refractivity (Wildman–Crippen MR) is 58.1 cm³/mol. The summed E-state index contributed by atoms with van der Waals surface area (Å²) in [4.78, 5) is 13.3. The molecule has 0 saturated heterocycles. The quantitative estimate of drug-likeness (QED) is 0.774. The van der Waals surface area contributed by atoms with Gasteiger partial charge in [0.1, 0.15) is 5.82 Å². The van der Waals surface area contributed by atoms with Gasteiger partial charge in [0.05, 0.1) is 5.69 Å². The number of amides is 1. The van der Waals surface area contributed by atoms with Gasteiger partial charge in [-0.25, -0.2) is 4.39 Å². The fourth-order valence-electron chi connectivity index (χ4n) is 1.33. The third-order valence-corrected chi connectivity index (χ3v) is 2.15. The van der Waals surface area contributed by atoms with E-state index in [9.17, 15) is 9.18 Å². The molecule has 0 aliphatic rings. The minimum Gasteiger partial charge on any atom is -0.396 e. The standard InChI is InChI=1S/C11H15FN2O/c1-3-6-14(2)11(15)8-4-5-9(12)10(13)7-8/h4-5,7H,3,6,13H2,1-2H3. The topological polar surface area (TPSA) is 46.3 Å². The van der Waals surface area contributed by atoms with Crippen LogP contribution >= 0.6 is 0 Å². The Morgan fingerprint density at radius 2 is 2.20 bits per heavy atom. The van der Waals surface area contributed by atoms with Crippen LogP contribution in [0.15, 0.2) is 18.2 Å². The normalized spacial score (nSPS) is 10.1. The van der Waals surface area contributed by atoms with Crippen LogP contribution in [-0.2, 0) is 0 Å². The molecule has 0 heterocycles. The van der Waals surface area contributed by atoms with Gasteiger partial charge in [-0.15, -0.1) is 0 Å². The number of hydrogen-bond donors (Lipinski definition) is 1. The Bertz CT molecular complexity index is 366. The van der Waals surface area contributed by atoms with Crippen molar-refractivity contribution in [2.24, 2.45) is 0 Å². The van der Waals surface area contributed by atoms with Gasteiger partial charge in [-0.05, 0) is 24.6 Å². The summed E-state index contributed by atoms with van der Waals surface area (Å²) in [6.07, 6.45) is 0.888. The van der Waals surface area contributed by atoms with Gasteiger partial charge >= 0.3 is 0 Å². The Kier molecular flexibility index (Phi) is 3.66. The number of carbonyl (C=O) groups is 1. The van der Waals surface area contributed by atoms with Crippen molar-refractivity contribution in [3.8, 4) is 0 Å². The molecule has 0 bridgehead atoms. The van der Waals surface area contributed by atoms with Crippen molar-refractivity contribution in [3.05, 3.63) is 29.6 Å². The first-order valence-corrected chi connectivity index (χ1v) is 4.86. The number of halogens is 1. The maximum absolute atomic E-state index is 12.9. The third kappa shape index (κ3) is 2.68. The van der Waals surface area contributed by atoms with Gasteiger partial charge in [0, 0.05) is 19.2 Å². The van der Waals surface area contributed by atoms with E-state index in [1.807, 2.05) is 6.92 Å². The summed E-state index contributed by atoms with van der Waals surface area (Å²) < 4.78 is 12.9. The van der Waals surface area contributed by atoms with Crippen LogP contribution in [0.2, 0.25) is 0 Å². The van der Waals surface area contributed by atoms with Crippen LogP contribution in [0, 0.1) is 5.82 Å². The third-order valence-electron chi connectivity index (χ3n) is 2.15. The SMILES string of the molecule is CCCN(C)C(=O)c1ccc(F)c(N)c1. The Hall–Kier alpha value is -1.58. The molecule has 1 amide bonds. The zero-order valence-corrected chi connectivity index (χ0v) is 8.96. The fraction of sp³-hybridized carbons (Fsp3) is 0.364. The van der Waals surface area contributed by atoms with Gasteiger partial charge in [-0.3, -0.25) is 4.79 Å². The van der Waals surface area contributed by atoms with Gasteiger partial charge in [0.2, 0.25) is 0 Å². The molecule has 0 aromatic heterocycles. The number of nitrogens with zero attached hydrogens (tertiary/aromatic N) is 1. The number of rotatable bonds is 3. The van der Waals surface area contributed by atoms with Crippen LogP contribution in [0.3, 0.4) is 0 Å². The Balaban J connectivity index is 2.87. The number of anilines is 1. The van der Waals surface area contributed by atoms with Crippen LogP contribution < -0.4 is 5.73 Å². The molecule has 1 aromatic carbocycles. The van der Waals surface area contributed by atoms with Crippen molar-refractivity contribution in [3.63, 3.8) is 0 Å². The van der Waals surface area contributed by atoms with Gasteiger partial charge in [-0.2, -0.15) is 0 Å². The lowest BCUT2D eigenvalue weighted by Crippen LogP contribution is -2.27. The molecule has 0 aliphatic heterocycles. The molecule has 0 unspecified atom stereocenters. The molecule has 82 valence electrons. The number of benzene rings is 1. The highest BCUT2D eigenvalue weighted by molar-refractivity contribution is 5.94. The number of carbonyl (C=O) groups excluding carboxylic acids is 1. The van der Waals surface area contributed by atoms with Crippen molar-refractivity contribution in [1.82, 2.24) is 4.90 Å². The fourth-order valence-corrected chi connectivity index (χ4v) is 1.33. The van der Waals surface area contributed by atoms with E-state index in [4.69, 9.17) is 5.73 Å². The molecule has 4 heteroatoms. The lowest BCUT2D eigenvalue weighted by molar-refractivity contribution is 0.0795. The van der Waals surface area contributed by atoms with E-state index in [2.05, 4.69) is 0 Å². The molecule has 0 radical (unpaired) electrons. The second kappa shape index (κ2) is 4.77. The molecule has 0 fully saturated rings. The van der Waals surface area contributed by atoms with Crippen molar-refractivity contribution in [2.75, 3.05) is 19.3 Å². The number of nitrogens with two attached hydrogens (primary N) is 1. The summed E-state index contributed by atoms with van der Waals surface area (Å²) in [5.41, 5.74) is 5.81. The van der Waals surface area contributed by atoms with Gasteiger partial charge in [-0.1, -0.05) is 6.92 Å². The summed E-state index contributed by atoms with van der Waals surface area (Å²) in [6, 6.07) is 4.02. The molecule has 1 aromatic rings. The van der Waals surface area contributed by atoms with Crippen LogP contribution in [-0.4, -0.2) is 24.4 Å². The predicted octanol–water partition coefficient (Wildman–Crippen LogP) is 1.89. The maximum Gasteiger partial charge on any atom is 0.253 e.